The van der Waals surface area contributed by atoms with Crippen molar-refractivity contribution in [3.05, 3.63) is 84.2 Å². The molecule has 4 rings (SSSR count). The van der Waals surface area contributed by atoms with Crippen LogP contribution < -0.4 is 0 Å². The van der Waals surface area contributed by atoms with Crippen LogP contribution in [0.1, 0.15) is 18.1 Å². The maximum absolute atomic E-state index is 5.51. The molecule has 1 saturated heterocycles. The first kappa shape index (κ1) is 19.8. The van der Waals surface area contributed by atoms with Gasteiger partial charge in [0.1, 0.15) is 0 Å². The van der Waals surface area contributed by atoms with Crippen LogP contribution in [0.4, 0.5) is 0 Å². The van der Waals surface area contributed by atoms with Crippen LogP contribution in [0.2, 0.25) is 0 Å². The molecule has 29 heavy (non-hydrogen) atoms. The van der Waals surface area contributed by atoms with Gasteiger partial charge in [-0.25, -0.2) is 4.68 Å². The van der Waals surface area contributed by atoms with Crippen molar-refractivity contribution in [2.75, 3.05) is 32.8 Å². The molecule has 5 nitrogen and oxygen atoms in total. The molecule has 1 aliphatic rings. The van der Waals surface area contributed by atoms with Crippen molar-refractivity contribution in [2.45, 2.75) is 26.1 Å². The number of nitrogens with zero attached hydrogens (tertiary/aromatic N) is 4. The molecular weight excluding hydrogens is 360 g/mol. The summed E-state index contributed by atoms with van der Waals surface area (Å²) in [4.78, 5) is 5.10. The van der Waals surface area contributed by atoms with Gasteiger partial charge in [0.2, 0.25) is 0 Å². The number of rotatable bonds is 8. The molecule has 0 bridgehead atoms. The summed E-state index contributed by atoms with van der Waals surface area (Å²) in [5.74, 6) is 0. The molecule has 0 spiro atoms. The quantitative estimate of drug-likeness (QED) is 0.589. The van der Waals surface area contributed by atoms with Crippen molar-refractivity contribution < 1.29 is 4.74 Å². The van der Waals surface area contributed by atoms with Gasteiger partial charge in [0.15, 0.2) is 0 Å². The molecule has 0 aliphatic carbocycles. The summed E-state index contributed by atoms with van der Waals surface area (Å²) < 4.78 is 7.41. The molecule has 2 aromatic carbocycles. The summed E-state index contributed by atoms with van der Waals surface area (Å²) in [6.45, 7) is 9.05. The van der Waals surface area contributed by atoms with Gasteiger partial charge in [0.25, 0.3) is 0 Å². The van der Waals surface area contributed by atoms with Gasteiger partial charge in [-0.05, 0) is 36.2 Å². The van der Waals surface area contributed by atoms with E-state index in [1.807, 2.05) is 23.1 Å². The number of morpholine rings is 1. The Labute approximate surface area is 173 Å². The van der Waals surface area contributed by atoms with Gasteiger partial charge in [-0.3, -0.25) is 9.80 Å². The second-order valence-electron chi connectivity index (χ2n) is 7.77. The van der Waals surface area contributed by atoms with Crippen LogP contribution in [-0.2, 0) is 17.8 Å². The lowest BCUT2D eigenvalue weighted by atomic mass is 10.1. The molecule has 152 valence electrons. The topological polar surface area (TPSA) is 33.5 Å². The fraction of sp³-hybridized carbons (Fsp3) is 0.375. The molecular formula is C24H30N4O. The SMILES string of the molecule is CC(CN1CCOCC1)N(Cc1ccccc1)Cc1ccc(-n2cccn2)cc1. The van der Waals surface area contributed by atoms with Crippen molar-refractivity contribution in [3.8, 4) is 5.69 Å². The predicted molar refractivity (Wildman–Crippen MR) is 116 cm³/mol. The molecule has 5 heteroatoms. The minimum Gasteiger partial charge on any atom is -0.379 e. The highest BCUT2D eigenvalue weighted by molar-refractivity contribution is 5.33. The van der Waals surface area contributed by atoms with Gasteiger partial charge >= 0.3 is 0 Å². The van der Waals surface area contributed by atoms with E-state index in [1.54, 1.807) is 0 Å². The molecule has 1 fully saturated rings. The first-order valence-corrected chi connectivity index (χ1v) is 10.4. The highest BCUT2D eigenvalue weighted by Crippen LogP contribution is 2.16. The third-order valence-electron chi connectivity index (χ3n) is 5.57. The Kier molecular flexibility index (Phi) is 6.72. The summed E-state index contributed by atoms with van der Waals surface area (Å²) in [7, 11) is 0. The molecule has 1 atom stereocenters. The summed E-state index contributed by atoms with van der Waals surface area (Å²) >= 11 is 0. The predicted octanol–water partition coefficient (Wildman–Crippen LogP) is 3.60. The van der Waals surface area contributed by atoms with Crippen LogP contribution >= 0.6 is 0 Å². The Morgan fingerprint density at radius 2 is 1.62 bits per heavy atom. The Hall–Kier alpha value is -2.47. The van der Waals surface area contributed by atoms with Crippen LogP contribution in [-0.4, -0.2) is 58.5 Å². The van der Waals surface area contributed by atoms with E-state index >= 15 is 0 Å². The van der Waals surface area contributed by atoms with Gasteiger partial charge in [-0.2, -0.15) is 5.10 Å². The third kappa shape index (κ3) is 5.54. The first-order valence-electron chi connectivity index (χ1n) is 10.4. The van der Waals surface area contributed by atoms with E-state index in [9.17, 15) is 0 Å². The Bertz CT molecular complexity index is 842. The van der Waals surface area contributed by atoms with Crippen LogP contribution in [0.25, 0.3) is 5.69 Å². The summed E-state index contributed by atoms with van der Waals surface area (Å²) in [6, 6.07) is 21.9. The molecule has 1 aromatic heterocycles. The van der Waals surface area contributed by atoms with Crippen LogP contribution in [0.15, 0.2) is 73.1 Å². The zero-order valence-corrected chi connectivity index (χ0v) is 17.2. The maximum atomic E-state index is 5.51. The number of hydrogen-bond acceptors (Lipinski definition) is 4. The van der Waals surface area contributed by atoms with E-state index in [0.29, 0.717) is 6.04 Å². The summed E-state index contributed by atoms with van der Waals surface area (Å²) in [5.41, 5.74) is 3.77. The maximum Gasteiger partial charge on any atom is 0.0645 e. The Balaban J connectivity index is 1.46. The third-order valence-corrected chi connectivity index (χ3v) is 5.57. The fourth-order valence-electron chi connectivity index (χ4n) is 3.87. The highest BCUT2D eigenvalue weighted by atomic mass is 16.5. The minimum absolute atomic E-state index is 0.457. The van der Waals surface area contributed by atoms with Crippen molar-refractivity contribution >= 4 is 0 Å². The van der Waals surface area contributed by atoms with Crippen LogP contribution in [0.3, 0.4) is 0 Å². The van der Waals surface area contributed by atoms with Crippen molar-refractivity contribution in [2.24, 2.45) is 0 Å². The lowest BCUT2D eigenvalue weighted by Crippen LogP contribution is -2.45. The molecule has 1 aliphatic heterocycles. The lowest BCUT2D eigenvalue weighted by Gasteiger charge is -2.35. The van der Waals surface area contributed by atoms with Crippen LogP contribution in [0.5, 0.6) is 0 Å². The highest BCUT2D eigenvalue weighted by Gasteiger charge is 2.20. The van der Waals surface area contributed by atoms with Gasteiger partial charge in [0, 0.05) is 51.2 Å². The summed E-state index contributed by atoms with van der Waals surface area (Å²) in [5, 5.41) is 4.32. The second-order valence-corrected chi connectivity index (χ2v) is 7.77. The van der Waals surface area contributed by atoms with E-state index in [1.165, 1.54) is 11.1 Å². The molecule has 0 amide bonds. The van der Waals surface area contributed by atoms with E-state index in [0.717, 1.165) is 51.6 Å². The van der Waals surface area contributed by atoms with Gasteiger partial charge in [-0.15, -0.1) is 0 Å². The summed E-state index contributed by atoms with van der Waals surface area (Å²) in [6.07, 6.45) is 3.78. The zero-order valence-electron chi connectivity index (χ0n) is 17.2. The van der Waals surface area contributed by atoms with Crippen LogP contribution in [0, 0.1) is 0 Å². The Morgan fingerprint density at radius 1 is 0.931 bits per heavy atom. The second kappa shape index (κ2) is 9.83. The molecule has 1 unspecified atom stereocenters. The number of hydrogen-bond donors (Lipinski definition) is 0. The molecule has 0 saturated carbocycles. The van der Waals surface area contributed by atoms with Gasteiger partial charge < -0.3 is 4.74 Å². The Morgan fingerprint density at radius 3 is 2.28 bits per heavy atom. The zero-order chi connectivity index (χ0) is 19.9. The van der Waals surface area contributed by atoms with E-state index in [-0.39, 0.29) is 0 Å². The first-order chi connectivity index (χ1) is 14.3. The molecule has 0 radical (unpaired) electrons. The average Bonchev–Trinajstić information content (AvgIpc) is 3.30. The smallest absolute Gasteiger partial charge is 0.0645 e. The van der Waals surface area contributed by atoms with Gasteiger partial charge in [0.05, 0.1) is 18.9 Å². The van der Waals surface area contributed by atoms with E-state index < -0.39 is 0 Å². The largest absolute Gasteiger partial charge is 0.379 e. The number of benzene rings is 2. The monoisotopic (exact) mass is 390 g/mol. The van der Waals surface area contributed by atoms with Crippen molar-refractivity contribution in [1.29, 1.82) is 0 Å². The van der Waals surface area contributed by atoms with E-state index in [4.69, 9.17) is 4.74 Å². The lowest BCUT2D eigenvalue weighted by molar-refractivity contribution is 0.0226. The van der Waals surface area contributed by atoms with Crippen molar-refractivity contribution in [3.63, 3.8) is 0 Å². The molecule has 2 heterocycles. The molecule has 0 N–H and O–H groups in total. The number of ether oxygens (including phenoxy) is 1. The standard InChI is InChI=1S/C24H30N4O/c1-21(18-26-14-16-29-17-15-26)27(19-22-6-3-2-4-7-22)20-23-8-10-24(11-9-23)28-13-5-12-25-28/h2-13,21H,14-20H2,1H3. The van der Waals surface area contributed by atoms with E-state index in [2.05, 4.69) is 76.4 Å². The van der Waals surface area contributed by atoms with Crippen molar-refractivity contribution in [1.82, 2.24) is 19.6 Å². The minimum atomic E-state index is 0.457. The normalized spacial score (nSPS) is 16.2. The van der Waals surface area contributed by atoms with Gasteiger partial charge in [-0.1, -0.05) is 42.5 Å². The fourth-order valence-corrected chi connectivity index (χ4v) is 3.87. The average molecular weight is 391 g/mol. The number of aromatic nitrogens is 2. The molecule has 3 aromatic rings.